The van der Waals surface area contributed by atoms with Crippen molar-refractivity contribution in [3.8, 4) is 16.9 Å². The Balaban J connectivity index is 1.41. The van der Waals surface area contributed by atoms with Crippen LogP contribution in [0.25, 0.3) is 21.3 Å². The molecule has 0 saturated carbocycles. The van der Waals surface area contributed by atoms with Gasteiger partial charge in [-0.3, -0.25) is 10.2 Å². The Morgan fingerprint density at radius 2 is 1.88 bits per heavy atom. The summed E-state index contributed by atoms with van der Waals surface area (Å²) in [5, 5.41) is 3.15. The summed E-state index contributed by atoms with van der Waals surface area (Å²) in [5.74, 6) is -0.0778. The van der Waals surface area contributed by atoms with E-state index in [1.165, 1.54) is 17.4 Å². The number of thiazole rings is 1. The highest BCUT2D eigenvalue weighted by molar-refractivity contribution is 7.22. The van der Waals surface area contributed by atoms with Crippen LogP contribution < -0.4 is 10.1 Å². The van der Waals surface area contributed by atoms with Crippen LogP contribution >= 0.6 is 22.9 Å². The molecule has 12 heteroatoms. The van der Waals surface area contributed by atoms with Gasteiger partial charge in [0.25, 0.3) is 0 Å². The van der Waals surface area contributed by atoms with Gasteiger partial charge in [0, 0.05) is 42.9 Å². The van der Waals surface area contributed by atoms with E-state index in [4.69, 9.17) is 25.8 Å². The number of halogens is 2. The van der Waals surface area contributed by atoms with Crippen molar-refractivity contribution < 1.29 is 28.2 Å². The monoisotopic (exact) mass is 604 g/mol. The number of amides is 2. The van der Waals surface area contributed by atoms with Gasteiger partial charge in [0.15, 0.2) is 5.13 Å². The molecule has 1 fully saturated rings. The van der Waals surface area contributed by atoms with Crippen LogP contribution in [0.5, 0.6) is 5.75 Å². The number of hydrogen-bond acceptors (Lipinski definition) is 8. The molecule has 41 heavy (non-hydrogen) atoms. The largest absolute Gasteiger partial charge is 0.490 e. The zero-order chi connectivity index (χ0) is 29.7. The van der Waals surface area contributed by atoms with Crippen LogP contribution in [0, 0.1) is 5.82 Å². The van der Waals surface area contributed by atoms with E-state index in [1.807, 2.05) is 26.8 Å². The molecule has 0 spiro atoms. The summed E-state index contributed by atoms with van der Waals surface area (Å²) < 4.78 is 33.6. The van der Waals surface area contributed by atoms with Gasteiger partial charge in [0.05, 0.1) is 21.3 Å². The summed E-state index contributed by atoms with van der Waals surface area (Å²) in [6, 6.07) is 6.74. The molecule has 0 aliphatic carbocycles. The number of nitrogens with zero attached hydrogens (tertiary/aromatic N) is 3. The third kappa shape index (κ3) is 6.52. The van der Waals surface area contributed by atoms with Crippen LogP contribution in [0.4, 0.5) is 19.1 Å². The van der Waals surface area contributed by atoms with Crippen molar-refractivity contribution in [3.63, 3.8) is 0 Å². The first-order valence-electron chi connectivity index (χ1n) is 13.4. The molecule has 1 unspecified atom stereocenters. The van der Waals surface area contributed by atoms with E-state index < -0.39 is 23.1 Å². The zero-order valence-electron chi connectivity index (χ0n) is 24.0. The molecule has 9 nitrogen and oxygen atoms in total. The molecular formula is C29H34ClFN4O5S. The van der Waals surface area contributed by atoms with Gasteiger partial charge in [-0.25, -0.2) is 19.0 Å². The van der Waals surface area contributed by atoms with Crippen LogP contribution in [0.2, 0.25) is 5.02 Å². The van der Waals surface area contributed by atoms with Gasteiger partial charge in [0.2, 0.25) is 0 Å². The van der Waals surface area contributed by atoms with Crippen LogP contribution in [0.3, 0.4) is 0 Å². The first kappa shape index (κ1) is 29.3. The molecule has 0 bridgehead atoms. The summed E-state index contributed by atoms with van der Waals surface area (Å²) in [5.41, 5.74) is 0.569. The van der Waals surface area contributed by atoms with Crippen LogP contribution in [0.15, 0.2) is 24.3 Å². The predicted octanol–water partition coefficient (Wildman–Crippen LogP) is 6.92. The lowest BCUT2D eigenvalue weighted by Crippen LogP contribution is -2.56. The minimum absolute atomic E-state index is 0.102. The molecule has 2 aliphatic rings. The lowest BCUT2D eigenvalue weighted by molar-refractivity contribution is -0.00155. The van der Waals surface area contributed by atoms with Crippen LogP contribution in [0.1, 0.15) is 47.1 Å². The molecule has 2 aliphatic heterocycles. The Kier molecular flexibility index (Phi) is 7.82. The number of para-hydroxylation sites is 1. The van der Waals surface area contributed by atoms with Crippen molar-refractivity contribution in [3.05, 3.63) is 40.7 Å². The van der Waals surface area contributed by atoms with Crippen molar-refractivity contribution in [1.82, 2.24) is 14.8 Å². The van der Waals surface area contributed by atoms with E-state index in [2.05, 4.69) is 15.2 Å². The third-order valence-electron chi connectivity index (χ3n) is 6.60. The van der Waals surface area contributed by atoms with Crippen molar-refractivity contribution in [1.29, 1.82) is 0 Å². The number of fused-ring (bicyclic) bond motifs is 3. The van der Waals surface area contributed by atoms with Gasteiger partial charge >= 0.3 is 12.2 Å². The minimum Gasteiger partial charge on any atom is -0.490 e. The van der Waals surface area contributed by atoms with Gasteiger partial charge in [-0.1, -0.05) is 35.1 Å². The normalized spacial score (nSPS) is 17.8. The highest BCUT2D eigenvalue weighted by Crippen LogP contribution is 2.45. The van der Waals surface area contributed by atoms with Crippen molar-refractivity contribution in [2.75, 3.05) is 31.6 Å². The molecule has 1 atom stereocenters. The number of carbonyl (C=O) groups is 2. The highest BCUT2D eigenvalue weighted by atomic mass is 35.5. The molecule has 3 heterocycles. The molecule has 0 radical (unpaired) electrons. The van der Waals surface area contributed by atoms with E-state index in [0.29, 0.717) is 53.7 Å². The number of hydrogen-bond donors (Lipinski definition) is 1. The second-order valence-electron chi connectivity index (χ2n) is 12.2. The smallest absolute Gasteiger partial charge is 0.413 e. The van der Waals surface area contributed by atoms with Gasteiger partial charge in [0.1, 0.15) is 29.4 Å². The van der Waals surface area contributed by atoms with E-state index in [1.54, 1.807) is 37.8 Å². The standard InChI is InChI=1S/C29H34ClFN4O5S/c1-28(2,3)39-26(36)33-25-32-23-18(8-7-9-20(23)41-25)21-19(31)12-16-13-34-10-11-35(27(37)40-29(4,5)6)14-17(34)15-38-24(16)22(21)30/h7-9,12,17H,10-11,13-15H2,1-6H3,(H,32,33,36). The maximum atomic E-state index is 15.8. The molecule has 220 valence electrons. The maximum absolute atomic E-state index is 15.8. The lowest BCUT2D eigenvalue weighted by atomic mass is 10.0. The van der Waals surface area contributed by atoms with Gasteiger partial charge in [-0.15, -0.1) is 0 Å². The van der Waals surface area contributed by atoms with Crippen molar-refractivity contribution >= 4 is 50.5 Å². The molecule has 2 amide bonds. The summed E-state index contributed by atoms with van der Waals surface area (Å²) in [6.07, 6.45) is -0.982. The number of piperazine rings is 1. The fraction of sp³-hybridized carbons (Fsp3) is 0.483. The summed E-state index contributed by atoms with van der Waals surface area (Å²) in [6.45, 7) is 13.1. The highest BCUT2D eigenvalue weighted by Gasteiger charge is 2.36. The zero-order valence-corrected chi connectivity index (χ0v) is 25.5. The number of benzene rings is 2. The van der Waals surface area contributed by atoms with E-state index >= 15 is 4.39 Å². The fourth-order valence-electron chi connectivity index (χ4n) is 4.91. The Morgan fingerprint density at radius 1 is 1.15 bits per heavy atom. The number of aromatic nitrogens is 1. The second-order valence-corrected chi connectivity index (χ2v) is 13.6. The van der Waals surface area contributed by atoms with Crippen molar-refractivity contribution in [2.45, 2.75) is 65.3 Å². The summed E-state index contributed by atoms with van der Waals surface area (Å²) in [7, 11) is 0. The topological polar surface area (TPSA) is 93.2 Å². The summed E-state index contributed by atoms with van der Waals surface area (Å²) >= 11 is 8.12. The molecular weight excluding hydrogens is 571 g/mol. The average molecular weight is 605 g/mol. The molecule has 1 aromatic heterocycles. The Labute approximate surface area is 247 Å². The van der Waals surface area contributed by atoms with Crippen LogP contribution in [-0.2, 0) is 16.0 Å². The van der Waals surface area contributed by atoms with E-state index in [0.717, 1.165) is 4.70 Å². The lowest BCUT2D eigenvalue weighted by Gasteiger charge is -2.40. The van der Waals surface area contributed by atoms with Gasteiger partial charge in [-0.2, -0.15) is 0 Å². The SMILES string of the molecule is CC(C)(C)OC(=O)Nc1nc2c(-c3c(F)cc4c(c3Cl)OCC3CN(C(=O)OC(C)(C)C)CCN3C4)cccc2s1. The molecule has 3 aromatic rings. The Morgan fingerprint density at radius 3 is 2.59 bits per heavy atom. The molecule has 5 rings (SSSR count). The van der Waals surface area contributed by atoms with Crippen LogP contribution in [-0.4, -0.2) is 70.5 Å². The maximum Gasteiger partial charge on any atom is 0.413 e. The summed E-state index contributed by atoms with van der Waals surface area (Å²) in [4.78, 5) is 33.4. The third-order valence-corrected chi connectivity index (χ3v) is 7.89. The first-order chi connectivity index (χ1) is 19.2. The molecule has 1 N–H and O–H groups in total. The van der Waals surface area contributed by atoms with Gasteiger partial charge in [-0.05, 0) is 53.7 Å². The number of ether oxygens (including phenoxy) is 3. The van der Waals surface area contributed by atoms with E-state index in [9.17, 15) is 9.59 Å². The fourth-order valence-corrected chi connectivity index (χ4v) is 6.16. The Bertz CT molecular complexity index is 1500. The predicted molar refractivity (Wildman–Crippen MR) is 157 cm³/mol. The first-order valence-corrected chi connectivity index (χ1v) is 14.6. The molecule has 2 aromatic carbocycles. The second kappa shape index (κ2) is 10.9. The number of rotatable bonds is 2. The Hall–Kier alpha value is -3.15. The number of carbonyl (C=O) groups excluding carboxylic acids is 2. The number of anilines is 1. The van der Waals surface area contributed by atoms with Crippen molar-refractivity contribution in [2.24, 2.45) is 0 Å². The van der Waals surface area contributed by atoms with E-state index in [-0.39, 0.29) is 29.3 Å². The molecule has 1 saturated heterocycles. The van der Waals surface area contributed by atoms with Gasteiger partial charge < -0.3 is 19.1 Å². The number of nitrogens with one attached hydrogen (secondary N) is 1. The minimum atomic E-state index is -0.660. The average Bonchev–Trinajstić information content (AvgIpc) is 3.15. The quantitative estimate of drug-likeness (QED) is 0.339.